The Morgan fingerprint density at radius 2 is 2.29 bits per heavy atom. The zero-order valence-corrected chi connectivity index (χ0v) is 7.86. The summed E-state index contributed by atoms with van der Waals surface area (Å²) in [7, 11) is 0. The van der Waals surface area contributed by atoms with Crippen molar-refractivity contribution in [2.45, 2.75) is 0 Å². The predicted molar refractivity (Wildman–Crippen MR) is 52.3 cm³/mol. The second kappa shape index (κ2) is 3.55. The molecule has 0 amide bonds. The number of hydrogen-bond donors (Lipinski definition) is 1. The van der Waals surface area contributed by atoms with Crippen molar-refractivity contribution >= 4 is 17.5 Å². The average molecular weight is 206 g/mol. The summed E-state index contributed by atoms with van der Waals surface area (Å²) in [5.41, 5.74) is 0.848. The monoisotopic (exact) mass is 206 g/mol. The highest BCUT2D eigenvalue weighted by Crippen LogP contribution is 2.25. The van der Waals surface area contributed by atoms with Crippen LogP contribution >= 0.6 is 11.5 Å². The Morgan fingerprint density at radius 3 is 2.93 bits per heavy atom. The number of carbonyl (C=O) groups is 1. The van der Waals surface area contributed by atoms with Gasteiger partial charge in [-0.15, -0.1) is 0 Å². The van der Waals surface area contributed by atoms with Crippen LogP contribution in [-0.2, 0) is 0 Å². The fraction of sp³-hybridized carbons (Fsp3) is 0. The number of carboxylic acids is 1. The third-order valence-electron chi connectivity index (χ3n) is 1.70. The lowest BCUT2D eigenvalue weighted by Gasteiger charge is -1.96. The van der Waals surface area contributed by atoms with Crippen molar-refractivity contribution in [3.8, 4) is 10.6 Å². The number of pyridine rings is 1. The molecule has 2 heterocycles. The number of rotatable bonds is 2. The molecule has 2 aromatic rings. The van der Waals surface area contributed by atoms with Crippen LogP contribution in [0.5, 0.6) is 0 Å². The van der Waals surface area contributed by atoms with Crippen molar-refractivity contribution in [3.05, 3.63) is 36.2 Å². The van der Waals surface area contributed by atoms with Gasteiger partial charge in [0.25, 0.3) is 0 Å². The molecule has 0 bridgehead atoms. The number of nitrogens with zero attached hydrogens (tertiary/aromatic N) is 2. The van der Waals surface area contributed by atoms with Crippen LogP contribution in [0, 0.1) is 0 Å². The van der Waals surface area contributed by atoms with Crippen molar-refractivity contribution in [1.82, 2.24) is 9.36 Å². The summed E-state index contributed by atoms with van der Waals surface area (Å²) in [5, 5.41) is 8.85. The van der Waals surface area contributed by atoms with Crippen LogP contribution in [0.2, 0.25) is 0 Å². The molecule has 5 heteroatoms. The highest BCUT2D eigenvalue weighted by atomic mass is 32.1. The Bertz CT molecular complexity index is 453. The van der Waals surface area contributed by atoms with E-state index in [1.807, 2.05) is 6.07 Å². The number of hydrogen-bond acceptors (Lipinski definition) is 4. The van der Waals surface area contributed by atoms with Gasteiger partial charge in [-0.1, -0.05) is 6.07 Å². The van der Waals surface area contributed by atoms with E-state index in [4.69, 9.17) is 5.11 Å². The summed E-state index contributed by atoms with van der Waals surface area (Å²) < 4.78 is 3.84. The minimum atomic E-state index is -0.973. The third-order valence-corrected chi connectivity index (χ3v) is 2.52. The van der Waals surface area contributed by atoms with Crippen LogP contribution < -0.4 is 0 Å². The summed E-state index contributed by atoms with van der Waals surface area (Å²) in [6, 6.07) is 5.36. The molecule has 0 saturated carbocycles. The van der Waals surface area contributed by atoms with Gasteiger partial charge in [-0.2, -0.15) is 4.37 Å². The second-order valence-corrected chi connectivity index (χ2v) is 3.39. The topological polar surface area (TPSA) is 63.1 Å². The van der Waals surface area contributed by atoms with Crippen LogP contribution in [0.4, 0.5) is 0 Å². The summed E-state index contributed by atoms with van der Waals surface area (Å²) in [5.74, 6) is -0.973. The van der Waals surface area contributed by atoms with E-state index >= 15 is 0 Å². The van der Waals surface area contributed by atoms with Gasteiger partial charge in [0.15, 0.2) is 0 Å². The highest BCUT2D eigenvalue weighted by molar-refractivity contribution is 7.10. The van der Waals surface area contributed by atoms with Crippen LogP contribution in [0.15, 0.2) is 30.6 Å². The van der Waals surface area contributed by atoms with Crippen LogP contribution in [0.1, 0.15) is 10.4 Å². The Morgan fingerprint density at radius 1 is 1.43 bits per heavy atom. The number of carboxylic acid groups (broad SMARTS) is 1. The van der Waals surface area contributed by atoms with E-state index in [1.54, 1.807) is 18.3 Å². The predicted octanol–water partition coefficient (Wildman–Crippen LogP) is 1.90. The molecule has 2 rings (SSSR count). The van der Waals surface area contributed by atoms with E-state index in [2.05, 4.69) is 9.36 Å². The van der Waals surface area contributed by atoms with Gasteiger partial charge in [0.1, 0.15) is 0 Å². The zero-order valence-electron chi connectivity index (χ0n) is 7.04. The maximum atomic E-state index is 10.8. The lowest BCUT2D eigenvalue weighted by molar-refractivity contribution is 0.0698. The Kier molecular flexibility index (Phi) is 2.24. The average Bonchev–Trinajstić information content (AvgIpc) is 2.67. The summed E-state index contributed by atoms with van der Waals surface area (Å²) in [6.45, 7) is 0. The molecule has 0 fully saturated rings. The van der Waals surface area contributed by atoms with Gasteiger partial charge in [-0.25, -0.2) is 4.79 Å². The first-order valence-corrected chi connectivity index (χ1v) is 4.66. The van der Waals surface area contributed by atoms with Gasteiger partial charge in [0.2, 0.25) is 0 Å². The van der Waals surface area contributed by atoms with Gasteiger partial charge in [-0.3, -0.25) is 4.98 Å². The van der Waals surface area contributed by atoms with Crippen molar-refractivity contribution in [2.24, 2.45) is 0 Å². The van der Waals surface area contributed by atoms with Crippen LogP contribution in [-0.4, -0.2) is 20.4 Å². The van der Waals surface area contributed by atoms with Gasteiger partial charge < -0.3 is 5.11 Å². The first-order valence-electron chi connectivity index (χ1n) is 3.88. The molecule has 4 nitrogen and oxygen atoms in total. The van der Waals surface area contributed by atoms with Gasteiger partial charge in [0, 0.05) is 6.20 Å². The zero-order chi connectivity index (χ0) is 9.97. The summed E-state index contributed by atoms with van der Waals surface area (Å²) in [4.78, 5) is 15.5. The molecule has 0 aliphatic heterocycles. The molecular weight excluding hydrogens is 200 g/mol. The van der Waals surface area contributed by atoms with E-state index in [-0.39, 0.29) is 5.56 Å². The third kappa shape index (κ3) is 1.49. The molecular formula is C9H6N2O2S. The minimum absolute atomic E-state index is 0.203. The number of aromatic carboxylic acids is 1. The highest BCUT2D eigenvalue weighted by Gasteiger charge is 2.14. The fourth-order valence-electron chi connectivity index (χ4n) is 1.07. The maximum absolute atomic E-state index is 10.8. The van der Waals surface area contributed by atoms with Crippen LogP contribution in [0.25, 0.3) is 10.6 Å². The van der Waals surface area contributed by atoms with E-state index in [1.165, 1.54) is 6.20 Å². The van der Waals surface area contributed by atoms with E-state index in [0.29, 0.717) is 10.6 Å². The molecule has 2 aromatic heterocycles. The Hall–Kier alpha value is -1.75. The molecule has 0 saturated heterocycles. The Labute approximate surface area is 84.0 Å². The van der Waals surface area contributed by atoms with E-state index in [0.717, 1.165) is 11.5 Å². The minimum Gasteiger partial charge on any atom is -0.478 e. The SMILES string of the molecule is O=C(O)c1cnsc1-c1ccccn1. The van der Waals surface area contributed by atoms with E-state index < -0.39 is 5.97 Å². The van der Waals surface area contributed by atoms with Gasteiger partial charge in [0.05, 0.1) is 22.3 Å². The van der Waals surface area contributed by atoms with E-state index in [9.17, 15) is 4.79 Å². The molecule has 0 spiro atoms. The lowest BCUT2D eigenvalue weighted by atomic mass is 10.2. The molecule has 0 aliphatic rings. The maximum Gasteiger partial charge on any atom is 0.338 e. The largest absolute Gasteiger partial charge is 0.478 e. The lowest BCUT2D eigenvalue weighted by Crippen LogP contribution is -1.96. The molecule has 70 valence electrons. The van der Waals surface area contributed by atoms with Crippen LogP contribution in [0.3, 0.4) is 0 Å². The summed E-state index contributed by atoms with van der Waals surface area (Å²) >= 11 is 1.14. The van der Waals surface area contributed by atoms with Crippen molar-refractivity contribution in [3.63, 3.8) is 0 Å². The first kappa shape index (κ1) is 8.83. The van der Waals surface area contributed by atoms with Gasteiger partial charge in [-0.05, 0) is 23.7 Å². The quantitative estimate of drug-likeness (QED) is 0.815. The standard InChI is InChI=1S/C9H6N2O2S/c12-9(13)6-5-11-14-8(6)7-3-1-2-4-10-7/h1-5H,(H,12,13). The molecule has 1 N–H and O–H groups in total. The summed E-state index contributed by atoms with van der Waals surface area (Å²) in [6.07, 6.45) is 2.97. The molecule has 0 unspecified atom stereocenters. The fourth-order valence-corrected chi connectivity index (χ4v) is 1.79. The Balaban J connectivity index is 2.52. The first-order chi connectivity index (χ1) is 6.79. The van der Waals surface area contributed by atoms with Crippen molar-refractivity contribution in [1.29, 1.82) is 0 Å². The second-order valence-electron chi connectivity index (χ2n) is 2.59. The molecule has 0 aromatic carbocycles. The molecule has 0 aliphatic carbocycles. The number of aromatic nitrogens is 2. The molecule has 0 radical (unpaired) electrons. The van der Waals surface area contributed by atoms with Gasteiger partial charge >= 0.3 is 5.97 Å². The molecule has 0 atom stereocenters. The smallest absolute Gasteiger partial charge is 0.338 e. The van der Waals surface area contributed by atoms with Crippen molar-refractivity contribution in [2.75, 3.05) is 0 Å². The normalized spacial score (nSPS) is 10.0. The molecule has 14 heavy (non-hydrogen) atoms. The van der Waals surface area contributed by atoms with Crippen molar-refractivity contribution < 1.29 is 9.90 Å².